The number of fused-ring (bicyclic) bond motifs is 1. The van der Waals surface area contributed by atoms with Crippen LogP contribution < -0.4 is 5.56 Å². The lowest BCUT2D eigenvalue weighted by Crippen LogP contribution is -2.35. The van der Waals surface area contributed by atoms with Crippen LogP contribution >= 0.6 is 0 Å². The standard InChI is InChI=1S/C20H18N4O3/c25-20-17-13-23(12-14-5-4-8-16(11-14)24(26)27)10-9-18(17)21-19(22-20)15-6-2-1-3-7-15/h1-8,11H,9-10,12-13H2,(H,21,22,25). The van der Waals surface area contributed by atoms with E-state index in [4.69, 9.17) is 0 Å². The van der Waals surface area contributed by atoms with Crippen LogP contribution in [0.4, 0.5) is 5.69 Å². The minimum Gasteiger partial charge on any atom is -0.306 e. The summed E-state index contributed by atoms with van der Waals surface area (Å²) < 4.78 is 0. The minimum atomic E-state index is -0.394. The summed E-state index contributed by atoms with van der Waals surface area (Å²) >= 11 is 0. The molecule has 0 bridgehead atoms. The third-order valence-electron chi connectivity index (χ3n) is 4.72. The van der Waals surface area contributed by atoms with Crippen LogP contribution in [0, 0.1) is 10.1 Å². The lowest BCUT2D eigenvalue weighted by Gasteiger charge is -2.27. The number of benzene rings is 2. The Bertz CT molecular complexity index is 1050. The highest BCUT2D eigenvalue weighted by Crippen LogP contribution is 2.21. The normalized spacial score (nSPS) is 13.9. The third-order valence-corrected chi connectivity index (χ3v) is 4.72. The SMILES string of the molecule is O=c1[nH]c(-c2ccccc2)nc2c1CN(Cc1cccc([N+](=O)[O-])c1)CC2. The van der Waals surface area contributed by atoms with Gasteiger partial charge in [-0.15, -0.1) is 0 Å². The minimum absolute atomic E-state index is 0.0805. The molecule has 0 atom stereocenters. The molecular weight excluding hydrogens is 344 g/mol. The molecule has 0 spiro atoms. The molecule has 3 aromatic rings. The van der Waals surface area contributed by atoms with Crippen molar-refractivity contribution in [2.45, 2.75) is 19.5 Å². The summed E-state index contributed by atoms with van der Waals surface area (Å²) in [6, 6.07) is 16.2. The van der Waals surface area contributed by atoms with E-state index in [0.29, 0.717) is 30.9 Å². The van der Waals surface area contributed by atoms with Crippen molar-refractivity contribution >= 4 is 5.69 Å². The Morgan fingerprint density at radius 1 is 1.15 bits per heavy atom. The van der Waals surface area contributed by atoms with Gasteiger partial charge in [-0.1, -0.05) is 42.5 Å². The molecule has 0 aliphatic carbocycles. The Morgan fingerprint density at radius 2 is 1.96 bits per heavy atom. The number of nitrogens with one attached hydrogen (secondary N) is 1. The largest absolute Gasteiger partial charge is 0.306 e. The molecule has 2 heterocycles. The predicted molar refractivity (Wildman–Crippen MR) is 101 cm³/mol. The van der Waals surface area contributed by atoms with Gasteiger partial charge >= 0.3 is 0 Å². The van der Waals surface area contributed by atoms with Crippen molar-refractivity contribution in [2.24, 2.45) is 0 Å². The van der Waals surface area contributed by atoms with E-state index in [-0.39, 0.29) is 11.2 Å². The van der Waals surface area contributed by atoms with Gasteiger partial charge in [0.25, 0.3) is 11.2 Å². The Balaban J connectivity index is 1.56. The van der Waals surface area contributed by atoms with Crippen molar-refractivity contribution in [3.05, 3.63) is 91.9 Å². The summed E-state index contributed by atoms with van der Waals surface area (Å²) in [6.45, 7) is 1.79. The number of non-ortho nitro benzene ring substituents is 1. The van der Waals surface area contributed by atoms with E-state index in [2.05, 4.69) is 14.9 Å². The zero-order valence-electron chi connectivity index (χ0n) is 14.6. The second kappa shape index (κ2) is 7.13. The molecule has 0 radical (unpaired) electrons. The van der Waals surface area contributed by atoms with Crippen molar-refractivity contribution in [1.29, 1.82) is 0 Å². The molecule has 1 aliphatic rings. The summed E-state index contributed by atoms with van der Waals surface area (Å²) in [5.74, 6) is 0.589. The monoisotopic (exact) mass is 362 g/mol. The fraction of sp³-hybridized carbons (Fsp3) is 0.200. The first-order chi connectivity index (χ1) is 13.1. The highest BCUT2D eigenvalue weighted by Gasteiger charge is 2.22. The van der Waals surface area contributed by atoms with Crippen LogP contribution in [0.15, 0.2) is 59.4 Å². The molecule has 1 N–H and O–H groups in total. The topological polar surface area (TPSA) is 92.1 Å². The molecule has 0 saturated carbocycles. The molecule has 0 saturated heterocycles. The lowest BCUT2D eigenvalue weighted by molar-refractivity contribution is -0.384. The molecule has 0 amide bonds. The smallest absolute Gasteiger partial charge is 0.269 e. The first kappa shape index (κ1) is 17.1. The number of nitro benzene ring substituents is 1. The molecule has 7 nitrogen and oxygen atoms in total. The van der Waals surface area contributed by atoms with E-state index in [1.807, 2.05) is 36.4 Å². The molecule has 4 rings (SSSR count). The van der Waals surface area contributed by atoms with Gasteiger partial charge in [0.05, 0.1) is 16.2 Å². The van der Waals surface area contributed by atoms with Crippen molar-refractivity contribution in [1.82, 2.24) is 14.9 Å². The van der Waals surface area contributed by atoms with Gasteiger partial charge in [-0.3, -0.25) is 19.8 Å². The van der Waals surface area contributed by atoms with E-state index in [1.54, 1.807) is 12.1 Å². The molecule has 0 fully saturated rings. The third kappa shape index (κ3) is 3.63. The molecular formula is C20H18N4O3. The second-order valence-corrected chi connectivity index (χ2v) is 6.59. The number of nitro groups is 1. The van der Waals surface area contributed by atoms with Gasteiger partial charge in [-0.2, -0.15) is 0 Å². The summed E-state index contributed by atoms with van der Waals surface area (Å²) in [5, 5.41) is 10.9. The van der Waals surface area contributed by atoms with Crippen LogP contribution in [0.5, 0.6) is 0 Å². The highest BCUT2D eigenvalue weighted by molar-refractivity contribution is 5.54. The maximum absolute atomic E-state index is 12.6. The average Bonchev–Trinajstić information content (AvgIpc) is 2.69. The molecule has 1 aliphatic heterocycles. The van der Waals surface area contributed by atoms with Crippen LogP contribution in [0.2, 0.25) is 0 Å². The average molecular weight is 362 g/mol. The maximum Gasteiger partial charge on any atom is 0.269 e. The van der Waals surface area contributed by atoms with Crippen molar-refractivity contribution in [3.63, 3.8) is 0 Å². The van der Waals surface area contributed by atoms with Crippen LogP contribution in [0.3, 0.4) is 0 Å². The number of hydrogen-bond acceptors (Lipinski definition) is 5. The van der Waals surface area contributed by atoms with Crippen molar-refractivity contribution < 1.29 is 4.92 Å². The first-order valence-corrected chi connectivity index (χ1v) is 8.73. The van der Waals surface area contributed by atoms with E-state index >= 15 is 0 Å². The van der Waals surface area contributed by atoms with Crippen molar-refractivity contribution in [2.75, 3.05) is 6.54 Å². The van der Waals surface area contributed by atoms with Gasteiger partial charge in [0.1, 0.15) is 5.82 Å². The van der Waals surface area contributed by atoms with E-state index in [1.165, 1.54) is 6.07 Å². The van der Waals surface area contributed by atoms with Gasteiger partial charge in [-0.05, 0) is 5.56 Å². The van der Waals surface area contributed by atoms with E-state index in [0.717, 1.165) is 23.4 Å². The second-order valence-electron chi connectivity index (χ2n) is 6.59. The van der Waals surface area contributed by atoms with Crippen molar-refractivity contribution in [3.8, 4) is 11.4 Å². The Hall–Kier alpha value is -3.32. The van der Waals surface area contributed by atoms with Crippen LogP contribution in [-0.2, 0) is 19.5 Å². The van der Waals surface area contributed by atoms with Gasteiger partial charge in [0.15, 0.2) is 0 Å². The van der Waals surface area contributed by atoms with Gasteiger partial charge < -0.3 is 4.98 Å². The first-order valence-electron chi connectivity index (χ1n) is 8.73. The zero-order valence-corrected chi connectivity index (χ0v) is 14.6. The van der Waals surface area contributed by atoms with E-state index in [9.17, 15) is 14.9 Å². The summed E-state index contributed by atoms with van der Waals surface area (Å²) in [7, 11) is 0. The molecule has 27 heavy (non-hydrogen) atoms. The molecule has 2 aromatic carbocycles. The lowest BCUT2D eigenvalue weighted by atomic mass is 10.1. The quantitative estimate of drug-likeness (QED) is 0.569. The predicted octanol–water partition coefficient (Wildman–Crippen LogP) is 2.90. The molecule has 1 aromatic heterocycles. The number of H-pyrrole nitrogens is 1. The van der Waals surface area contributed by atoms with Gasteiger partial charge in [-0.25, -0.2) is 4.98 Å². The van der Waals surface area contributed by atoms with Crippen LogP contribution in [-0.4, -0.2) is 26.3 Å². The number of hydrogen-bond donors (Lipinski definition) is 1. The number of rotatable bonds is 4. The van der Waals surface area contributed by atoms with Crippen LogP contribution in [0.25, 0.3) is 11.4 Å². The fourth-order valence-corrected chi connectivity index (χ4v) is 3.38. The summed E-state index contributed by atoms with van der Waals surface area (Å²) in [4.78, 5) is 32.8. The number of aromatic amines is 1. The summed E-state index contributed by atoms with van der Waals surface area (Å²) in [5.41, 5.74) is 3.20. The van der Waals surface area contributed by atoms with Gasteiger partial charge in [0, 0.05) is 43.8 Å². The Morgan fingerprint density at radius 3 is 2.74 bits per heavy atom. The molecule has 136 valence electrons. The Labute approximate surface area is 155 Å². The number of nitrogens with zero attached hydrogens (tertiary/aromatic N) is 3. The van der Waals surface area contributed by atoms with Crippen LogP contribution in [0.1, 0.15) is 16.8 Å². The highest BCUT2D eigenvalue weighted by atomic mass is 16.6. The maximum atomic E-state index is 12.6. The fourth-order valence-electron chi connectivity index (χ4n) is 3.38. The Kier molecular flexibility index (Phi) is 4.52. The molecule has 0 unspecified atom stereocenters. The molecule has 7 heteroatoms. The zero-order chi connectivity index (χ0) is 18.8. The summed E-state index contributed by atoms with van der Waals surface area (Å²) in [6.07, 6.45) is 0.675. The van der Waals surface area contributed by atoms with E-state index < -0.39 is 4.92 Å². The van der Waals surface area contributed by atoms with Gasteiger partial charge in [0.2, 0.25) is 0 Å². The number of aromatic nitrogens is 2.